The molecule has 0 radical (unpaired) electrons. The Morgan fingerprint density at radius 3 is 2.80 bits per heavy atom. The molecular weight excluding hydrogens is 449 g/mol. The fourth-order valence-electron chi connectivity index (χ4n) is 3.46. The molecule has 10 heteroatoms. The maximum absolute atomic E-state index is 14.5. The summed E-state index contributed by atoms with van der Waals surface area (Å²) in [6.07, 6.45) is 0. The first-order valence-corrected chi connectivity index (χ1v) is 12.3. The predicted molar refractivity (Wildman–Crippen MR) is 120 cm³/mol. The van der Waals surface area contributed by atoms with Gasteiger partial charge >= 0.3 is 0 Å². The van der Waals surface area contributed by atoms with Crippen molar-refractivity contribution in [3.8, 4) is 0 Å². The van der Waals surface area contributed by atoms with Gasteiger partial charge in [0.05, 0.1) is 23.2 Å². The van der Waals surface area contributed by atoms with Gasteiger partial charge < -0.3 is 10.2 Å². The Morgan fingerprint density at radius 2 is 2.07 bits per heavy atom. The highest BCUT2D eigenvalue weighted by Crippen LogP contribution is 2.37. The van der Waals surface area contributed by atoms with Crippen LogP contribution in [0.5, 0.6) is 0 Å². The van der Waals surface area contributed by atoms with Crippen molar-refractivity contribution in [3.05, 3.63) is 58.9 Å². The number of anilines is 2. The molecule has 30 heavy (non-hydrogen) atoms. The number of nitrogens with one attached hydrogen (secondary N) is 1. The van der Waals surface area contributed by atoms with E-state index in [4.69, 9.17) is 11.6 Å². The first-order chi connectivity index (χ1) is 14.2. The molecule has 0 saturated carbocycles. The smallest absolute Gasteiger partial charge is 0.244 e. The van der Waals surface area contributed by atoms with Crippen molar-refractivity contribution < 1.29 is 17.6 Å². The highest BCUT2D eigenvalue weighted by molar-refractivity contribution is 8.15. The molecule has 0 bridgehead atoms. The van der Waals surface area contributed by atoms with Gasteiger partial charge in [-0.1, -0.05) is 41.6 Å². The number of sulfone groups is 1. The van der Waals surface area contributed by atoms with Crippen LogP contribution in [0.3, 0.4) is 0 Å². The fraction of sp³-hybridized carbons (Fsp3) is 0.300. The Kier molecular flexibility index (Phi) is 5.78. The van der Waals surface area contributed by atoms with Crippen LogP contribution >= 0.6 is 23.4 Å². The number of para-hydroxylation sites is 1. The van der Waals surface area contributed by atoms with Crippen molar-refractivity contribution in [2.45, 2.75) is 18.2 Å². The average molecular weight is 468 g/mol. The molecule has 2 aromatic carbocycles. The molecule has 2 aliphatic heterocycles. The Balaban J connectivity index is 1.60. The second-order valence-electron chi connectivity index (χ2n) is 7.26. The quantitative estimate of drug-likeness (QED) is 0.744. The van der Waals surface area contributed by atoms with Crippen LogP contribution in [0.2, 0.25) is 5.02 Å². The summed E-state index contributed by atoms with van der Waals surface area (Å²) in [5.74, 6) is -0.838. The molecule has 0 spiro atoms. The van der Waals surface area contributed by atoms with Crippen molar-refractivity contribution in [3.63, 3.8) is 0 Å². The van der Waals surface area contributed by atoms with E-state index in [1.165, 1.54) is 22.7 Å². The summed E-state index contributed by atoms with van der Waals surface area (Å²) in [4.78, 5) is 18.8. The lowest BCUT2D eigenvalue weighted by molar-refractivity contribution is -0.114. The highest BCUT2D eigenvalue weighted by Gasteiger charge is 2.44. The van der Waals surface area contributed by atoms with Gasteiger partial charge in [-0.15, -0.1) is 0 Å². The van der Waals surface area contributed by atoms with Crippen LogP contribution in [0.15, 0.2) is 47.5 Å². The Labute approximate surface area is 183 Å². The maximum atomic E-state index is 14.5. The summed E-state index contributed by atoms with van der Waals surface area (Å²) in [5.41, 5.74) is 1.63. The summed E-state index contributed by atoms with van der Waals surface area (Å²) in [7, 11) is -3.11. The summed E-state index contributed by atoms with van der Waals surface area (Å²) in [6, 6.07) is 10.9. The molecule has 0 aliphatic carbocycles. The molecule has 158 valence electrons. The molecule has 2 atom stereocenters. The van der Waals surface area contributed by atoms with Crippen LogP contribution in [0.4, 0.5) is 15.8 Å². The highest BCUT2D eigenvalue weighted by atomic mass is 35.5. The number of aryl methyl sites for hydroxylation is 1. The van der Waals surface area contributed by atoms with Crippen molar-refractivity contribution in [2.75, 3.05) is 28.3 Å². The molecule has 1 saturated heterocycles. The molecule has 0 unspecified atom stereocenters. The van der Waals surface area contributed by atoms with E-state index in [9.17, 15) is 17.6 Å². The zero-order chi connectivity index (χ0) is 21.5. The number of aliphatic imine (C=N–C) groups is 1. The van der Waals surface area contributed by atoms with Crippen molar-refractivity contribution in [1.82, 2.24) is 0 Å². The number of thioether (sulfide) groups is 1. The summed E-state index contributed by atoms with van der Waals surface area (Å²) in [5, 5.41) is 3.54. The maximum Gasteiger partial charge on any atom is 0.244 e. The Morgan fingerprint density at radius 1 is 1.30 bits per heavy atom. The number of halogens is 2. The SMILES string of the molecule is Cc1ccc(Cl)cc1NC(=O)CN(C1=N[C@H]2CS(=O)(=O)C[C@@H]2S1)c1ccccc1F. The molecule has 2 aromatic rings. The fourth-order valence-corrected chi connectivity index (χ4v) is 7.40. The second-order valence-corrected chi connectivity index (χ2v) is 11.1. The third kappa shape index (κ3) is 4.48. The van der Waals surface area contributed by atoms with Gasteiger partial charge in [0.1, 0.15) is 12.4 Å². The van der Waals surface area contributed by atoms with Gasteiger partial charge in [0.2, 0.25) is 5.91 Å². The average Bonchev–Trinajstić information content (AvgIpc) is 3.17. The van der Waals surface area contributed by atoms with Gasteiger partial charge in [-0.3, -0.25) is 9.79 Å². The molecule has 2 heterocycles. The first-order valence-electron chi connectivity index (χ1n) is 9.25. The van der Waals surface area contributed by atoms with Gasteiger partial charge in [0.15, 0.2) is 15.0 Å². The van der Waals surface area contributed by atoms with E-state index in [-0.39, 0.29) is 40.9 Å². The van der Waals surface area contributed by atoms with E-state index in [2.05, 4.69) is 10.3 Å². The molecule has 0 aromatic heterocycles. The zero-order valence-electron chi connectivity index (χ0n) is 16.0. The van der Waals surface area contributed by atoms with E-state index in [0.29, 0.717) is 15.9 Å². The number of rotatable bonds is 4. The van der Waals surface area contributed by atoms with Gasteiger partial charge in [-0.25, -0.2) is 12.8 Å². The number of benzene rings is 2. The second kappa shape index (κ2) is 8.20. The third-order valence-corrected chi connectivity index (χ3v) is 8.44. The van der Waals surface area contributed by atoms with Crippen LogP contribution in [0, 0.1) is 12.7 Å². The number of nitrogens with zero attached hydrogens (tertiary/aromatic N) is 2. The molecule has 4 rings (SSSR count). The van der Waals surface area contributed by atoms with Crippen molar-refractivity contribution in [2.24, 2.45) is 4.99 Å². The van der Waals surface area contributed by atoms with Gasteiger partial charge in [-0.2, -0.15) is 0 Å². The first kappa shape index (κ1) is 21.1. The van der Waals surface area contributed by atoms with Crippen LogP contribution < -0.4 is 10.2 Å². The number of fused-ring (bicyclic) bond motifs is 1. The lowest BCUT2D eigenvalue weighted by Gasteiger charge is -2.24. The minimum atomic E-state index is -3.11. The molecular formula is C20H19ClFN3O3S2. The number of carbonyl (C=O) groups is 1. The lowest BCUT2D eigenvalue weighted by Crippen LogP contribution is -2.37. The van der Waals surface area contributed by atoms with Gasteiger partial charge in [-0.05, 0) is 36.8 Å². The van der Waals surface area contributed by atoms with Gasteiger partial charge in [0.25, 0.3) is 0 Å². The van der Waals surface area contributed by atoms with E-state index in [1.807, 2.05) is 6.92 Å². The van der Waals surface area contributed by atoms with E-state index in [0.717, 1.165) is 5.56 Å². The van der Waals surface area contributed by atoms with E-state index >= 15 is 0 Å². The van der Waals surface area contributed by atoms with Crippen LogP contribution in [0.1, 0.15) is 5.56 Å². The van der Waals surface area contributed by atoms with E-state index in [1.54, 1.807) is 36.4 Å². The zero-order valence-corrected chi connectivity index (χ0v) is 18.4. The minimum absolute atomic E-state index is 0.0207. The normalized spacial score (nSPS) is 21.8. The lowest BCUT2D eigenvalue weighted by atomic mass is 10.2. The number of carbonyl (C=O) groups excluding carboxylic acids is 1. The summed E-state index contributed by atoms with van der Waals surface area (Å²) < 4.78 is 38.3. The molecule has 2 aliphatic rings. The summed E-state index contributed by atoms with van der Waals surface area (Å²) in [6.45, 7) is 1.67. The number of amidine groups is 1. The van der Waals surface area contributed by atoms with Crippen LogP contribution in [-0.2, 0) is 14.6 Å². The van der Waals surface area contributed by atoms with Crippen LogP contribution in [0.25, 0.3) is 0 Å². The number of hydrogen-bond donors (Lipinski definition) is 1. The topological polar surface area (TPSA) is 78.8 Å². The monoisotopic (exact) mass is 467 g/mol. The predicted octanol–water partition coefficient (Wildman–Crippen LogP) is 3.50. The van der Waals surface area contributed by atoms with Crippen molar-refractivity contribution in [1.29, 1.82) is 0 Å². The van der Waals surface area contributed by atoms with Gasteiger partial charge in [0, 0.05) is 16.0 Å². The molecule has 1 amide bonds. The summed E-state index contributed by atoms with van der Waals surface area (Å²) >= 11 is 7.30. The van der Waals surface area contributed by atoms with Crippen molar-refractivity contribution >= 4 is 55.6 Å². The number of amides is 1. The Bertz CT molecular complexity index is 1140. The van der Waals surface area contributed by atoms with Crippen LogP contribution in [-0.4, -0.2) is 48.8 Å². The molecule has 1 fully saturated rings. The molecule has 1 N–H and O–H groups in total. The van der Waals surface area contributed by atoms with E-state index < -0.39 is 15.7 Å². The third-order valence-electron chi connectivity index (χ3n) is 4.95. The number of hydrogen-bond acceptors (Lipinski definition) is 6. The Hall–Kier alpha value is -2.10. The molecule has 6 nitrogen and oxygen atoms in total. The minimum Gasteiger partial charge on any atom is -0.324 e. The standard InChI is InChI=1S/C20H19ClFN3O3S2/c1-12-6-7-13(21)8-15(12)23-19(26)9-25(17-5-3-2-4-14(17)22)20-24-16-10-30(27,28)11-18(16)29-20/h2-8,16,18H,9-11H2,1H3,(H,23,26)/t16-,18-/m0/s1. The largest absolute Gasteiger partial charge is 0.324 e.